The molecular formula is C15H13Br2ClN2O. The fraction of sp³-hybridized carbons (Fsp3) is 0.333. The highest BCUT2D eigenvalue weighted by Crippen LogP contribution is 2.36. The lowest BCUT2D eigenvalue weighted by Crippen LogP contribution is -2.15. The number of aromatic amines is 1. The summed E-state index contributed by atoms with van der Waals surface area (Å²) in [6.45, 7) is 0. The first-order valence-electron chi connectivity index (χ1n) is 6.81. The van der Waals surface area contributed by atoms with E-state index in [1.807, 2.05) is 6.07 Å². The monoisotopic (exact) mass is 430 g/mol. The summed E-state index contributed by atoms with van der Waals surface area (Å²) in [5, 5.41) is 0.640. The van der Waals surface area contributed by atoms with Crippen LogP contribution in [0.15, 0.2) is 31.9 Å². The molecular weight excluding hydrogens is 419 g/mol. The number of halogens is 3. The van der Waals surface area contributed by atoms with E-state index in [4.69, 9.17) is 16.6 Å². The predicted molar refractivity (Wildman–Crippen MR) is 91.9 cm³/mol. The van der Waals surface area contributed by atoms with Crippen molar-refractivity contribution in [1.29, 1.82) is 0 Å². The molecule has 1 heterocycles. The second kappa shape index (κ2) is 6.23. The van der Waals surface area contributed by atoms with E-state index in [-0.39, 0.29) is 5.56 Å². The van der Waals surface area contributed by atoms with Crippen LogP contribution >= 0.6 is 43.5 Å². The number of benzene rings is 1. The van der Waals surface area contributed by atoms with Gasteiger partial charge in [-0.2, -0.15) is 0 Å². The molecule has 0 saturated heterocycles. The Hall–Kier alpha value is -0.650. The Morgan fingerprint density at radius 1 is 1.24 bits per heavy atom. The summed E-state index contributed by atoms with van der Waals surface area (Å²) in [6, 6.07) is 5.45. The maximum atomic E-state index is 12.2. The number of hydrogen-bond donors (Lipinski definition) is 1. The van der Waals surface area contributed by atoms with Crippen molar-refractivity contribution in [2.24, 2.45) is 0 Å². The van der Waals surface area contributed by atoms with Gasteiger partial charge in [0, 0.05) is 21.0 Å². The number of nitrogens with one attached hydrogen (secondary N) is 1. The summed E-state index contributed by atoms with van der Waals surface area (Å²) in [4.78, 5) is 19.7. The first kappa shape index (κ1) is 15.3. The fourth-order valence-electron chi connectivity index (χ4n) is 2.76. The molecule has 6 heteroatoms. The normalized spacial score (nSPS) is 15.6. The molecule has 1 saturated carbocycles. The van der Waals surface area contributed by atoms with Gasteiger partial charge in [-0.1, -0.05) is 24.4 Å². The summed E-state index contributed by atoms with van der Waals surface area (Å²) >= 11 is 12.8. The molecule has 0 bridgehead atoms. The van der Waals surface area contributed by atoms with Crippen LogP contribution in [0.3, 0.4) is 0 Å². The lowest BCUT2D eigenvalue weighted by atomic mass is 10.0. The Balaban J connectivity index is 2.13. The first-order chi connectivity index (χ1) is 10.1. The van der Waals surface area contributed by atoms with Crippen molar-refractivity contribution in [2.75, 3.05) is 0 Å². The van der Waals surface area contributed by atoms with Crippen molar-refractivity contribution in [1.82, 2.24) is 9.97 Å². The van der Waals surface area contributed by atoms with Gasteiger partial charge in [-0.3, -0.25) is 4.79 Å². The number of nitrogens with zero attached hydrogens (tertiary/aromatic N) is 1. The Morgan fingerprint density at radius 2 is 1.95 bits per heavy atom. The lowest BCUT2D eigenvalue weighted by Gasteiger charge is -2.13. The van der Waals surface area contributed by atoms with Crippen molar-refractivity contribution in [3.63, 3.8) is 0 Å². The third-order valence-corrected chi connectivity index (χ3v) is 5.47. The zero-order chi connectivity index (χ0) is 15.0. The molecule has 0 unspecified atom stereocenters. The molecule has 1 aromatic heterocycles. The molecule has 0 radical (unpaired) electrons. The van der Waals surface area contributed by atoms with Crippen LogP contribution in [0.1, 0.15) is 37.3 Å². The second-order valence-corrected chi connectivity index (χ2v) is 7.30. The van der Waals surface area contributed by atoms with Gasteiger partial charge in [0.1, 0.15) is 10.3 Å². The largest absolute Gasteiger partial charge is 0.306 e. The van der Waals surface area contributed by atoms with E-state index in [2.05, 4.69) is 36.8 Å². The Bertz CT molecular complexity index is 739. The van der Waals surface area contributed by atoms with Crippen molar-refractivity contribution < 1.29 is 0 Å². The Labute approximate surface area is 144 Å². The van der Waals surface area contributed by atoms with Gasteiger partial charge < -0.3 is 4.98 Å². The lowest BCUT2D eigenvalue weighted by molar-refractivity contribution is 0.688. The summed E-state index contributed by atoms with van der Waals surface area (Å²) < 4.78 is 1.38. The maximum Gasteiger partial charge on any atom is 0.265 e. The van der Waals surface area contributed by atoms with Gasteiger partial charge in [0.05, 0.1) is 5.69 Å². The van der Waals surface area contributed by atoms with Crippen LogP contribution in [-0.4, -0.2) is 9.97 Å². The van der Waals surface area contributed by atoms with E-state index < -0.39 is 0 Å². The quantitative estimate of drug-likeness (QED) is 0.702. The van der Waals surface area contributed by atoms with Gasteiger partial charge in [0.15, 0.2) is 0 Å². The average molecular weight is 433 g/mol. The zero-order valence-corrected chi connectivity index (χ0v) is 15.1. The average Bonchev–Trinajstić information content (AvgIpc) is 2.96. The molecule has 21 heavy (non-hydrogen) atoms. The minimum absolute atomic E-state index is 0.135. The van der Waals surface area contributed by atoms with Crippen LogP contribution in [0.4, 0.5) is 0 Å². The fourth-order valence-corrected chi connectivity index (χ4v) is 4.14. The van der Waals surface area contributed by atoms with E-state index >= 15 is 0 Å². The van der Waals surface area contributed by atoms with Gasteiger partial charge in [0.2, 0.25) is 0 Å². The van der Waals surface area contributed by atoms with Crippen LogP contribution in [0.5, 0.6) is 0 Å². The molecule has 0 spiro atoms. The highest BCUT2D eigenvalue weighted by Gasteiger charge is 2.23. The molecule has 3 nitrogen and oxygen atoms in total. The van der Waals surface area contributed by atoms with Gasteiger partial charge >= 0.3 is 0 Å². The maximum absolute atomic E-state index is 12.2. The van der Waals surface area contributed by atoms with E-state index in [1.54, 1.807) is 12.1 Å². The zero-order valence-electron chi connectivity index (χ0n) is 11.1. The van der Waals surface area contributed by atoms with Gasteiger partial charge in [-0.15, -0.1) is 0 Å². The summed E-state index contributed by atoms with van der Waals surface area (Å²) in [7, 11) is 0. The SMILES string of the molecule is O=c1[nH]c(-c2ccc(Cl)cc2Br)nc(C2CCCC2)c1Br. The number of hydrogen-bond acceptors (Lipinski definition) is 2. The van der Waals surface area contributed by atoms with Gasteiger partial charge in [-0.05, 0) is 62.9 Å². The minimum Gasteiger partial charge on any atom is -0.306 e. The van der Waals surface area contributed by atoms with Crippen LogP contribution in [-0.2, 0) is 0 Å². The number of aromatic nitrogens is 2. The molecule has 0 aliphatic heterocycles. The molecule has 0 amide bonds. The highest BCUT2D eigenvalue weighted by atomic mass is 79.9. The molecule has 1 aliphatic rings. The van der Waals surface area contributed by atoms with Crippen LogP contribution in [0.2, 0.25) is 5.02 Å². The summed E-state index contributed by atoms with van der Waals surface area (Å²) in [6.07, 6.45) is 4.59. The second-order valence-electron chi connectivity index (χ2n) is 5.22. The summed E-state index contributed by atoms with van der Waals surface area (Å²) in [5.41, 5.74) is 1.57. The van der Waals surface area contributed by atoms with Crippen molar-refractivity contribution in [3.05, 3.63) is 48.2 Å². The predicted octanol–water partition coefficient (Wildman–Crippen LogP) is 5.27. The van der Waals surface area contributed by atoms with E-state index in [0.29, 0.717) is 21.2 Å². The molecule has 1 fully saturated rings. The molecule has 1 N–H and O–H groups in total. The van der Waals surface area contributed by atoms with Gasteiger partial charge in [-0.25, -0.2) is 4.98 Å². The van der Waals surface area contributed by atoms with Crippen LogP contribution in [0, 0.1) is 0 Å². The molecule has 110 valence electrons. The van der Waals surface area contributed by atoms with E-state index in [9.17, 15) is 4.79 Å². The van der Waals surface area contributed by atoms with Crippen molar-refractivity contribution in [2.45, 2.75) is 31.6 Å². The number of H-pyrrole nitrogens is 1. The van der Waals surface area contributed by atoms with Gasteiger partial charge in [0.25, 0.3) is 5.56 Å². The standard InChI is InChI=1S/C15H13Br2ClN2O/c16-11-7-9(18)5-6-10(11)14-19-13(8-3-1-2-4-8)12(17)15(21)20-14/h5-8H,1-4H2,(H,19,20,21). The number of rotatable bonds is 2. The Kier molecular flexibility index (Phi) is 4.52. The van der Waals surface area contributed by atoms with Crippen LogP contribution in [0.25, 0.3) is 11.4 Å². The summed E-state index contributed by atoms with van der Waals surface area (Å²) in [5.74, 6) is 0.945. The third kappa shape index (κ3) is 3.10. The molecule has 1 aromatic carbocycles. The minimum atomic E-state index is -0.135. The van der Waals surface area contributed by atoms with Crippen LogP contribution < -0.4 is 5.56 Å². The smallest absolute Gasteiger partial charge is 0.265 e. The topological polar surface area (TPSA) is 45.8 Å². The molecule has 0 atom stereocenters. The highest BCUT2D eigenvalue weighted by molar-refractivity contribution is 9.10. The molecule has 1 aliphatic carbocycles. The Morgan fingerprint density at radius 3 is 2.62 bits per heavy atom. The molecule has 2 aromatic rings. The van der Waals surface area contributed by atoms with E-state index in [1.165, 1.54) is 12.8 Å². The molecule has 3 rings (SSSR count). The van der Waals surface area contributed by atoms with E-state index in [0.717, 1.165) is 28.6 Å². The van der Waals surface area contributed by atoms with Crippen molar-refractivity contribution >= 4 is 43.5 Å². The van der Waals surface area contributed by atoms with Crippen molar-refractivity contribution in [3.8, 4) is 11.4 Å². The first-order valence-corrected chi connectivity index (χ1v) is 8.78. The third-order valence-electron chi connectivity index (χ3n) is 3.82.